The first-order chi connectivity index (χ1) is 10.8. The number of aliphatic carboxylic acids is 1. The fourth-order valence-corrected chi connectivity index (χ4v) is 6.17. The highest BCUT2D eigenvalue weighted by Gasteiger charge is 2.72. The number of carboxylic acid groups (broad SMARTS) is 1. The van der Waals surface area contributed by atoms with Gasteiger partial charge in [-0.25, -0.2) is 0 Å². The predicted octanol–water partition coefficient (Wildman–Crippen LogP) is 1.30. The zero-order valence-electron chi connectivity index (χ0n) is 13.3. The Morgan fingerprint density at radius 1 is 1.17 bits per heavy atom. The van der Waals surface area contributed by atoms with E-state index in [1.165, 1.54) is 0 Å². The van der Waals surface area contributed by atoms with Crippen LogP contribution in [0.4, 0.5) is 0 Å². The maximum Gasteiger partial charge on any atom is 0.318 e. The molecule has 2 bridgehead atoms. The van der Waals surface area contributed by atoms with Crippen LogP contribution in [0.25, 0.3) is 0 Å². The SMILES string of the molecule is C[C@@H]1C=C[C@H](C)[C@H]2C(=O)C3C(C(=O)[C@]12C(=O)O)[C@@H]1C[C@H]3C[C@@H]1O. The number of carbonyl (C=O) groups excluding carboxylic acids is 2. The molecule has 3 fully saturated rings. The van der Waals surface area contributed by atoms with E-state index in [0.29, 0.717) is 12.8 Å². The van der Waals surface area contributed by atoms with Crippen LogP contribution >= 0.6 is 0 Å². The molecule has 3 saturated carbocycles. The first-order valence-electron chi connectivity index (χ1n) is 8.49. The van der Waals surface area contributed by atoms with Gasteiger partial charge in [0.2, 0.25) is 0 Å². The fourth-order valence-electron chi connectivity index (χ4n) is 6.17. The van der Waals surface area contributed by atoms with E-state index in [9.17, 15) is 24.6 Å². The highest BCUT2D eigenvalue weighted by atomic mass is 16.4. The molecule has 0 amide bonds. The molecule has 0 heterocycles. The predicted molar refractivity (Wildman–Crippen MR) is 80.2 cm³/mol. The first kappa shape index (κ1) is 15.1. The number of allylic oxidation sites excluding steroid dienone is 2. The van der Waals surface area contributed by atoms with E-state index in [4.69, 9.17) is 0 Å². The van der Waals surface area contributed by atoms with Gasteiger partial charge in [0.05, 0.1) is 6.10 Å². The molecule has 4 aliphatic carbocycles. The van der Waals surface area contributed by atoms with Gasteiger partial charge in [-0.15, -0.1) is 0 Å². The summed E-state index contributed by atoms with van der Waals surface area (Å²) in [5, 5.41) is 20.2. The number of rotatable bonds is 1. The van der Waals surface area contributed by atoms with Crippen molar-refractivity contribution in [1.29, 1.82) is 0 Å². The highest BCUT2D eigenvalue weighted by Crippen LogP contribution is 2.62. The van der Waals surface area contributed by atoms with E-state index in [2.05, 4.69) is 0 Å². The first-order valence-corrected chi connectivity index (χ1v) is 8.49. The fraction of sp³-hybridized carbons (Fsp3) is 0.722. The zero-order valence-corrected chi connectivity index (χ0v) is 13.3. The monoisotopic (exact) mass is 318 g/mol. The molecule has 0 aliphatic heterocycles. The van der Waals surface area contributed by atoms with Crippen LogP contribution in [0, 0.1) is 46.8 Å². The molecule has 2 N–H and O–H groups in total. The van der Waals surface area contributed by atoms with Crippen molar-refractivity contribution in [2.75, 3.05) is 0 Å². The van der Waals surface area contributed by atoms with Gasteiger partial charge in [0.1, 0.15) is 11.2 Å². The average molecular weight is 318 g/mol. The molecule has 0 spiro atoms. The van der Waals surface area contributed by atoms with Gasteiger partial charge < -0.3 is 10.2 Å². The van der Waals surface area contributed by atoms with Crippen LogP contribution < -0.4 is 0 Å². The van der Waals surface area contributed by atoms with Crippen molar-refractivity contribution in [1.82, 2.24) is 0 Å². The molecule has 0 radical (unpaired) electrons. The van der Waals surface area contributed by atoms with Crippen molar-refractivity contribution < 1.29 is 24.6 Å². The number of carbonyl (C=O) groups is 3. The van der Waals surface area contributed by atoms with Crippen LogP contribution in [0.5, 0.6) is 0 Å². The van der Waals surface area contributed by atoms with Crippen LogP contribution in [0.1, 0.15) is 26.7 Å². The van der Waals surface area contributed by atoms with Crippen LogP contribution in [-0.2, 0) is 14.4 Å². The smallest absolute Gasteiger partial charge is 0.318 e. The Labute approximate surface area is 134 Å². The average Bonchev–Trinajstić information content (AvgIpc) is 3.03. The Hall–Kier alpha value is -1.49. The molecule has 5 nitrogen and oxygen atoms in total. The van der Waals surface area contributed by atoms with Crippen molar-refractivity contribution in [3.63, 3.8) is 0 Å². The summed E-state index contributed by atoms with van der Waals surface area (Å²) in [6, 6.07) is 0. The van der Waals surface area contributed by atoms with Gasteiger partial charge in [0, 0.05) is 17.8 Å². The van der Waals surface area contributed by atoms with Gasteiger partial charge in [0.15, 0.2) is 5.78 Å². The number of Topliss-reactive ketones (excluding diaryl/α,β-unsaturated/α-hetero) is 2. The van der Waals surface area contributed by atoms with Crippen molar-refractivity contribution in [3.05, 3.63) is 12.2 Å². The van der Waals surface area contributed by atoms with Gasteiger partial charge >= 0.3 is 5.97 Å². The minimum atomic E-state index is -1.66. The highest BCUT2D eigenvalue weighted by molar-refractivity contribution is 6.14. The van der Waals surface area contributed by atoms with E-state index >= 15 is 0 Å². The molecule has 4 rings (SSSR count). The summed E-state index contributed by atoms with van der Waals surface area (Å²) in [7, 11) is 0. The molecule has 0 aromatic rings. The summed E-state index contributed by atoms with van der Waals surface area (Å²) >= 11 is 0. The second-order valence-electron chi connectivity index (χ2n) is 7.97. The number of hydrogen-bond donors (Lipinski definition) is 2. The lowest BCUT2D eigenvalue weighted by Crippen LogP contribution is -2.65. The molecular weight excluding hydrogens is 296 g/mol. The Morgan fingerprint density at radius 2 is 1.87 bits per heavy atom. The van der Waals surface area contributed by atoms with Gasteiger partial charge in [-0.3, -0.25) is 14.4 Å². The van der Waals surface area contributed by atoms with Gasteiger partial charge in [-0.1, -0.05) is 26.0 Å². The number of fused-ring (bicyclic) bond motifs is 6. The topological polar surface area (TPSA) is 91.7 Å². The van der Waals surface area contributed by atoms with Crippen LogP contribution in [0.2, 0.25) is 0 Å². The van der Waals surface area contributed by atoms with Gasteiger partial charge in [-0.05, 0) is 36.5 Å². The van der Waals surface area contributed by atoms with E-state index in [1.54, 1.807) is 13.0 Å². The molecule has 124 valence electrons. The molecule has 9 atom stereocenters. The van der Waals surface area contributed by atoms with Crippen LogP contribution in [-0.4, -0.2) is 33.9 Å². The van der Waals surface area contributed by atoms with E-state index in [1.807, 2.05) is 13.0 Å². The molecule has 4 aliphatic rings. The minimum Gasteiger partial charge on any atom is -0.480 e. The molecular formula is C18H22O5. The lowest BCUT2D eigenvalue weighted by atomic mass is 9.47. The van der Waals surface area contributed by atoms with Gasteiger partial charge in [0.25, 0.3) is 0 Å². The van der Waals surface area contributed by atoms with Crippen LogP contribution in [0.15, 0.2) is 12.2 Å². The van der Waals surface area contributed by atoms with Gasteiger partial charge in [-0.2, -0.15) is 0 Å². The lowest BCUT2D eigenvalue weighted by molar-refractivity contribution is -0.180. The molecule has 0 aromatic carbocycles. The Morgan fingerprint density at radius 3 is 2.52 bits per heavy atom. The quantitative estimate of drug-likeness (QED) is 0.562. The third-order valence-electron chi connectivity index (χ3n) is 7.11. The summed E-state index contributed by atoms with van der Waals surface area (Å²) in [5.41, 5.74) is -1.66. The maximum atomic E-state index is 13.4. The third kappa shape index (κ3) is 1.54. The molecule has 5 heteroatoms. The number of hydrogen-bond acceptors (Lipinski definition) is 4. The lowest BCUT2D eigenvalue weighted by Gasteiger charge is -2.52. The number of aliphatic hydroxyl groups is 1. The molecule has 0 saturated heterocycles. The summed E-state index contributed by atoms with van der Waals surface area (Å²) < 4.78 is 0. The summed E-state index contributed by atoms with van der Waals surface area (Å²) in [6.45, 7) is 3.55. The number of carboxylic acids is 1. The molecule has 0 aromatic heterocycles. The molecule has 23 heavy (non-hydrogen) atoms. The van der Waals surface area contributed by atoms with Crippen LogP contribution in [0.3, 0.4) is 0 Å². The van der Waals surface area contributed by atoms with Crippen molar-refractivity contribution in [2.24, 2.45) is 46.8 Å². The second-order valence-corrected chi connectivity index (χ2v) is 7.97. The normalized spacial score (nSPS) is 54.0. The Balaban J connectivity index is 1.90. The second kappa shape index (κ2) is 4.53. The third-order valence-corrected chi connectivity index (χ3v) is 7.11. The number of ketones is 2. The van der Waals surface area contributed by atoms with E-state index < -0.39 is 35.2 Å². The summed E-state index contributed by atoms with van der Waals surface area (Å²) in [6.07, 6.45) is 4.31. The minimum absolute atomic E-state index is 0.0386. The van der Waals surface area contributed by atoms with Crippen molar-refractivity contribution >= 4 is 17.5 Å². The Bertz CT molecular complexity index is 637. The van der Waals surface area contributed by atoms with Crippen molar-refractivity contribution in [2.45, 2.75) is 32.8 Å². The summed E-state index contributed by atoms with van der Waals surface area (Å²) in [4.78, 5) is 38.8. The number of aliphatic hydroxyl groups excluding tert-OH is 1. The summed E-state index contributed by atoms with van der Waals surface area (Å²) in [5.74, 6) is -4.26. The molecule has 2 unspecified atom stereocenters. The largest absolute Gasteiger partial charge is 0.480 e. The Kier molecular flexibility index (Phi) is 2.97. The zero-order chi connectivity index (χ0) is 16.7. The maximum absolute atomic E-state index is 13.4. The van der Waals surface area contributed by atoms with E-state index in [-0.39, 0.29) is 35.2 Å². The van der Waals surface area contributed by atoms with Crippen molar-refractivity contribution in [3.8, 4) is 0 Å². The van der Waals surface area contributed by atoms with E-state index in [0.717, 1.165) is 0 Å². The standard InChI is InChI=1S/C18H22O5/c1-7-3-4-8(2)18(17(22)23)14(7)15(20)12-9-5-10(11(19)6-9)13(12)16(18)21/h3-4,7-14,19H,5-6H2,1-2H3,(H,22,23)/t7-,8+,9-,10+,11-,12?,13?,14-,18-/m0/s1.